The Bertz CT molecular complexity index is 393. The molecule has 3 heteroatoms. The van der Waals surface area contributed by atoms with Gasteiger partial charge in [-0.3, -0.25) is 4.79 Å². The molecule has 2 nitrogen and oxygen atoms in total. The zero-order valence-corrected chi connectivity index (χ0v) is 12.2. The normalized spacial score (nSPS) is 12.8. The van der Waals surface area contributed by atoms with Gasteiger partial charge in [-0.15, -0.1) is 11.8 Å². The van der Waals surface area contributed by atoms with Crippen LogP contribution in [0.2, 0.25) is 0 Å². The Morgan fingerprint density at radius 1 is 1.29 bits per heavy atom. The standard InChI is InChI=1S/C14H22O2S/c1-6-7-13(15)8-9(2)17-14-10(3)11(4)16-12(14)5/h9H,6-8H2,1-5H3. The van der Waals surface area contributed by atoms with Crippen LogP contribution in [-0.4, -0.2) is 11.0 Å². The van der Waals surface area contributed by atoms with Crippen LogP contribution in [-0.2, 0) is 4.79 Å². The fourth-order valence-electron chi connectivity index (χ4n) is 1.89. The van der Waals surface area contributed by atoms with Crippen LogP contribution in [0.15, 0.2) is 9.31 Å². The van der Waals surface area contributed by atoms with Crippen molar-refractivity contribution in [1.29, 1.82) is 0 Å². The van der Waals surface area contributed by atoms with Gasteiger partial charge in [-0.25, -0.2) is 0 Å². The van der Waals surface area contributed by atoms with E-state index in [9.17, 15) is 4.79 Å². The SMILES string of the molecule is CCCC(=O)CC(C)Sc1c(C)oc(C)c1C. The van der Waals surface area contributed by atoms with Crippen LogP contribution in [0.25, 0.3) is 0 Å². The third kappa shape index (κ3) is 3.91. The van der Waals surface area contributed by atoms with Crippen molar-refractivity contribution in [1.82, 2.24) is 0 Å². The van der Waals surface area contributed by atoms with Gasteiger partial charge >= 0.3 is 0 Å². The smallest absolute Gasteiger partial charge is 0.134 e. The van der Waals surface area contributed by atoms with Crippen LogP contribution in [0.1, 0.15) is 50.2 Å². The average Bonchev–Trinajstić information content (AvgIpc) is 2.45. The molecule has 0 aromatic carbocycles. The highest BCUT2D eigenvalue weighted by atomic mass is 32.2. The van der Waals surface area contributed by atoms with Crippen molar-refractivity contribution in [2.45, 2.75) is 64.0 Å². The maximum Gasteiger partial charge on any atom is 0.134 e. The lowest BCUT2D eigenvalue weighted by Gasteiger charge is -2.10. The van der Waals surface area contributed by atoms with Crippen molar-refractivity contribution in [3.05, 3.63) is 17.1 Å². The van der Waals surface area contributed by atoms with Crippen LogP contribution in [0.4, 0.5) is 0 Å². The average molecular weight is 254 g/mol. The molecule has 1 unspecified atom stereocenters. The Morgan fingerprint density at radius 3 is 2.41 bits per heavy atom. The molecule has 0 aliphatic carbocycles. The van der Waals surface area contributed by atoms with Gasteiger partial charge in [0.1, 0.15) is 17.3 Å². The molecule has 0 saturated heterocycles. The number of carbonyl (C=O) groups is 1. The van der Waals surface area contributed by atoms with E-state index in [-0.39, 0.29) is 0 Å². The third-order valence-electron chi connectivity index (χ3n) is 2.86. The highest BCUT2D eigenvalue weighted by Crippen LogP contribution is 2.34. The first-order valence-corrected chi connectivity index (χ1v) is 7.08. The van der Waals surface area contributed by atoms with Gasteiger partial charge in [0.2, 0.25) is 0 Å². The summed E-state index contributed by atoms with van der Waals surface area (Å²) in [5, 5.41) is 0.323. The van der Waals surface area contributed by atoms with Crippen molar-refractivity contribution >= 4 is 17.5 Å². The molecule has 1 rings (SSSR count). The van der Waals surface area contributed by atoms with Crippen molar-refractivity contribution in [2.24, 2.45) is 0 Å². The zero-order chi connectivity index (χ0) is 13.0. The quantitative estimate of drug-likeness (QED) is 0.703. The zero-order valence-electron chi connectivity index (χ0n) is 11.4. The van der Waals surface area contributed by atoms with E-state index in [2.05, 4.69) is 13.8 Å². The first kappa shape index (κ1) is 14.4. The number of rotatable bonds is 6. The summed E-state index contributed by atoms with van der Waals surface area (Å²) in [6.07, 6.45) is 2.30. The molecule has 0 saturated carbocycles. The molecule has 1 heterocycles. The summed E-state index contributed by atoms with van der Waals surface area (Å²) in [6, 6.07) is 0. The molecule has 1 aromatic rings. The summed E-state index contributed by atoms with van der Waals surface area (Å²) >= 11 is 1.76. The second-order valence-corrected chi connectivity index (χ2v) is 6.04. The van der Waals surface area contributed by atoms with Crippen LogP contribution in [0.5, 0.6) is 0 Å². The fraction of sp³-hybridized carbons (Fsp3) is 0.643. The number of thioether (sulfide) groups is 1. The monoisotopic (exact) mass is 254 g/mol. The number of furan rings is 1. The minimum Gasteiger partial charge on any atom is -0.465 e. The van der Waals surface area contributed by atoms with E-state index in [1.165, 1.54) is 10.5 Å². The van der Waals surface area contributed by atoms with Crippen LogP contribution in [0.3, 0.4) is 0 Å². The lowest BCUT2D eigenvalue weighted by Crippen LogP contribution is -2.06. The lowest BCUT2D eigenvalue weighted by atomic mass is 10.1. The van der Waals surface area contributed by atoms with Crippen molar-refractivity contribution in [3.8, 4) is 0 Å². The topological polar surface area (TPSA) is 30.2 Å². The number of Topliss-reactive ketones (excluding diaryl/α,β-unsaturated/α-hetero) is 1. The summed E-state index contributed by atoms with van der Waals surface area (Å²) in [5.74, 6) is 2.32. The maximum atomic E-state index is 11.6. The van der Waals surface area contributed by atoms with Gasteiger partial charge in [-0.1, -0.05) is 13.8 Å². The summed E-state index contributed by atoms with van der Waals surface area (Å²) in [6.45, 7) is 10.2. The third-order valence-corrected chi connectivity index (χ3v) is 4.26. The molecular formula is C14H22O2S. The highest BCUT2D eigenvalue weighted by molar-refractivity contribution is 8.00. The van der Waals surface area contributed by atoms with Gasteiger partial charge in [-0.2, -0.15) is 0 Å². The molecule has 0 fully saturated rings. The second-order valence-electron chi connectivity index (χ2n) is 4.59. The van der Waals surface area contributed by atoms with E-state index in [4.69, 9.17) is 4.42 Å². The summed E-state index contributed by atoms with van der Waals surface area (Å²) in [7, 11) is 0. The summed E-state index contributed by atoms with van der Waals surface area (Å²) in [4.78, 5) is 12.8. The van der Waals surface area contributed by atoms with Gasteiger partial charge in [0.15, 0.2) is 0 Å². The van der Waals surface area contributed by atoms with Gasteiger partial charge < -0.3 is 4.42 Å². The Labute approximate surface area is 108 Å². The Kier molecular flexibility index (Phi) is 5.31. The molecule has 0 spiro atoms. The first-order valence-electron chi connectivity index (χ1n) is 6.20. The van der Waals surface area contributed by atoms with E-state index in [1.807, 2.05) is 20.8 Å². The predicted molar refractivity (Wildman–Crippen MR) is 72.8 cm³/mol. The summed E-state index contributed by atoms with van der Waals surface area (Å²) < 4.78 is 5.59. The van der Waals surface area contributed by atoms with E-state index in [0.717, 1.165) is 17.9 Å². The van der Waals surface area contributed by atoms with Gasteiger partial charge in [0.05, 0.1) is 4.90 Å². The molecule has 0 N–H and O–H groups in total. The maximum absolute atomic E-state index is 11.6. The Morgan fingerprint density at radius 2 is 1.94 bits per heavy atom. The van der Waals surface area contributed by atoms with Gasteiger partial charge in [-0.05, 0) is 27.2 Å². The molecule has 0 amide bonds. The van der Waals surface area contributed by atoms with Crippen LogP contribution in [0, 0.1) is 20.8 Å². The van der Waals surface area contributed by atoms with E-state index < -0.39 is 0 Å². The molecule has 1 atom stereocenters. The number of aryl methyl sites for hydroxylation is 2. The van der Waals surface area contributed by atoms with Gasteiger partial charge in [0, 0.05) is 23.7 Å². The largest absolute Gasteiger partial charge is 0.465 e. The molecule has 0 radical (unpaired) electrons. The molecule has 0 aliphatic rings. The van der Waals surface area contributed by atoms with Gasteiger partial charge in [0.25, 0.3) is 0 Å². The van der Waals surface area contributed by atoms with Crippen molar-refractivity contribution in [2.75, 3.05) is 0 Å². The summed E-state index contributed by atoms with van der Waals surface area (Å²) in [5.41, 5.74) is 1.21. The minimum atomic E-state index is 0.323. The first-order chi connectivity index (χ1) is 7.95. The molecule has 96 valence electrons. The van der Waals surface area contributed by atoms with E-state index >= 15 is 0 Å². The Hall–Kier alpha value is -0.700. The number of ketones is 1. The number of carbonyl (C=O) groups excluding carboxylic acids is 1. The Balaban J connectivity index is 2.62. The van der Waals surface area contributed by atoms with Crippen molar-refractivity contribution in [3.63, 3.8) is 0 Å². The lowest BCUT2D eigenvalue weighted by molar-refractivity contribution is -0.119. The molecule has 1 aromatic heterocycles. The fourth-order valence-corrected chi connectivity index (χ4v) is 3.09. The molecule has 17 heavy (non-hydrogen) atoms. The van der Waals surface area contributed by atoms with E-state index in [0.29, 0.717) is 23.9 Å². The number of hydrogen-bond acceptors (Lipinski definition) is 3. The predicted octanol–water partition coefficient (Wildman–Crippen LogP) is 4.44. The van der Waals surface area contributed by atoms with Crippen LogP contribution >= 0.6 is 11.8 Å². The van der Waals surface area contributed by atoms with Crippen LogP contribution < -0.4 is 0 Å². The molecule has 0 aliphatic heterocycles. The van der Waals surface area contributed by atoms with Crippen molar-refractivity contribution < 1.29 is 9.21 Å². The molecule has 0 bridgehead atoms. The second kappa shape index (κ2) is 6.29. The number of hydrogen-bond donors (Lipinski definition) is 0. The molecular weight excluding hydrogens is 232 g/mol. The van der Waals surface area contributed by atoms with E-state index in [1.54, 1.807) is 11.8 Å². The minimum absolute atomic E-state index is 0.323. The highest BCUT2D eigenvalue weighted by Gasteiger charge is 2.16.